The minimum absolute atomic E-state index is 0.0299. The van der Waals surface area contributed by atoms with Crippen LogP contribution < -0.4 is 11.1 Å². The lowest BCUT2D eigenvalue weighted by Crippen LogP contribution is -2.27. The highest BCUT2D eigenvalue weighted by molar-refractivity contribution is 9.10. The Morgan fingerprint density at radius 1 is 1.26 bits per heavy atom. The third-order valence-corrected chi connectivity index (χ3v) is 6.60. The van der Waals surface area contributed by atoms with Crippen LogP contribution in [0.2, 0.25) is 0 Å². The Labute approximate surface area is 203 Å². The predicted octanol–water partition coefficient (Wildman–Crippen LogP) is 5.63. The van der Waals surface area contributed by atoms with Crippen LogP contribution in [0, 0.1) is 0 Å². The van der Waals surface area contributed by atoms with Crippen LogP contribution in [0.1, 0.15) is 34.8 Å². The fourth-order valence-electron chi connectivity index (χ4n) is 3.57. The summed E-state index contributed by atoms with van der Waals surface area (Å²) >= 11 is 3.99. The zero-order valence-electron chi connectivity index (χ0n) is 17.6. The van der Waals surface area contributed by atoms with Gasteiger partial charge in [0.25, 0.3) is 5.91 Å². The highest BCUT2D eigenvalue weighted by Gasteiger charge is 2.35. The number of nitrogens with two attached hydrogens (primary N) is 1. The number of primary amides is 1. The Morgan fingerprint density at radius 3 is 2.53 bits per heavy atom. The molecule has 0 radical (unpaired) electrons. The average Bonchev–Trinajstić information content (AvgIpc) is 3.37. The van der Waals surface area contributed by atoms with Gasteiger partial charge in [-0.15, -0.1) is 11.3 Å². The van der Waals surface area contributed by atoms with Gasteiger partial charge in [-0.1, -0.05) is 37.3 Å². The van der Waals surface area contributed by atoms with Gasteiger partial charge in [-0.05, 0) is 39.5 Å². The van der Waals surface area contributed by atoms with E-state index in [1.807, 2.05) is 0 Å². The lowest BCUT2D eigenvalue weighted by molar-refractivity contribution is -0.140. The monoisotopic (exact) mass is 551 g/mol. The molecule has 0 spiro atoms. The number of fused-ring (bicyclic) bond motifs is 1. The Bertz CT molecular complexity index is 1380. The molecule has 4 rings (SSSR count). The van der Waals surface area contributed by atoms with E-state index in [1.165, 1.54) is 10.9 Å². The molecule has 3 aromatic heterocycles. The Kier molecular flexibility index (Phi) is 6.45. The molecular formula is C22H17BrF3N5O2S. The van der Waals surface area contributed by atoms with Crippen LogP contribution in [0.3, 0.4) is 0 Å². The van der Waals surface area contributed by atoms with Gasteiger partial charge in [0.15, 0.2) is 0 Å². The molecule has 176 valence electrons. The summed E-state index contributed by atoms with van der Waals surface area (Å²) < 4.78 is 42.9. The van der Waals surface area contributed by atoms with E-state index in [0.29, 0.717) is 27.8 Å². The molecule has 7 nitrogen and oxygen atoms in total. The number of carbonyl (C=O) groups is 2. The summed E-state index contributed by atoms with van der Waals surface area (Å²) in [4.78, 5) is 29.0. The molecule has 0 saturated carbocycles. The molecule has 0 aliphatic heterocycles. The number of halogens is 4. The van der Waals surface area contributed by atoms with Crippen molar-refractivity contribution in [2.45, 2.75) is 25.6 Å². The van der Waals surface area contributed by atoms with Gasteiger partial charge < -0.3 is 11.1 Å². The van der Waals surface area contributed by atoms with Crippen molar-refractivity contribution in [3.8, 4) is 11.1 Å². The van der Waals surface area contributed by atoms with Gasteiger partial charge in [0.2, 0.25) is 5.91 Å². The van der Waals surface area contributed by atoms with Crippen LogP contribution in [0.25, 0.3) is 21.3 Å². The molecule has 3 heterocycles. The number of carbonyl (C=O) groups excluding carboxylic acids is 2. The quantitative estimate of drug-likeness (QED) is 0.324. The molecule has 2 amide bonds. The van der Waals surface area contributed by atoms with Crippen LogP contribution >= 0.6 is 27.3 Å². The van der Waals surface area contributed by atoms with Crippen molar-refractivity contribution in [2.24, 2.45) is 5.73 Å². The summed E-state index contributed by atoms with van der Waals surface area (Å²) in [5, 5.41) is 7.07. The van der Waals surface area contributed by atoms with Crippen LogP contribution in [0.5, 0.6) is 0 Å². The maximum absolute atomic E-state index is 13.6. The maximum Gasteiger partial charge on any atom is 0.433 e. The number of pyridine rings is 1. The molecule has 1 unspecified atom stereocenters. The van der Waals surface area contributed by atoms with Crippen LogP contribution in [0.15, 0.2) is 53.3 Å². The molecule has 0 bridgehead atoms. The second-order valence-corrected chi connectivity index (χ2v) is 9.24. The van der Waals surface area contributed by atoms with Crippen molar-refractivity contribution in [3.05, 3.63) is 63.8 Å². The van der Waals surface area contributed by atoms with E-state index in [-0.39, 0.29) is 26.3 Å². The number of thiophene rings is 1. The van der Waals surface area contributed by atoms with Gasteiger partial charge in [-0.25, -0.2) is 4.98 Å². The zero-order chi connectivity index (χ0) is 24.6. The van der Waals surface area contributed by atoms with E-state index in [4.69, 9.17) is 5.73 Å². The predicted molar refractivity (Wildman–Crippen MR) is 126 cm³/mol. The molecule has 1 aromatic carbocycles. The molecule has 0 aliphatic rings. The lowest BCUT2D eigenvalue weighted by Gasteiger charge is -2.17. The number of amides is 2. The van der Waals surface area contributed by atoms with Crippen molar-refractivity contribution in [1.29, 1.82) is 0 Å². The highest BCUT2D eigenvalue weighted by atomic mass is 79.9. The third-order valence-electron chi connectivity index (χ3n) is 5.09. The number of nitrogens with zero attached hydrogens (tertiary/aromatic N) is 3. The minimum Gasteiger partial charge on any atom is -0.365 e. The van der Waals surface area contributed by atoms with Crippen molar-refractivity contribution in [2.75, 3.05) is 5.32 Å². The summed E-state index contributed by atoms with van der Waals surface area (Å²) in [6.07, 6.45) is -1.18. The van der Waals surface area contributed by atoms with Gasteiger partial charge >= 0.3 is 6.18 Å². The summed E-state index contributed by atoms with van der Waals surface area (Å²) in [5.41, 5.74) is 5.10. The van der Waals surface area contributed by atoms with E-state index in [2.05, 4.69) is 31.3 Å². The minimum atomic E-state index is -4.71. The zero-order valence-corrected chi connectivity index (χ0v) is 20.0. The summed E-state index contributed by atoms with van der Waals surface area (Å²) in [6.45, 7) is 1.78. The first-order valence-electron chi connectivity index (χ1n) is 10.0. The molecule has 4 aromatic rings. The first kappa shape index (κ1) is 23.9. The molecule has 1 atom stereocenters. The van der Waals surface area contributed by atoms with Crippen molar-refractivity contribution in [1.82, 2.24) is 14.8 Å². The van der Waals surface area contributed by atoms with E-state index < -0.39 is 29.7 Å². The highest BCUT2D eigenvalue weighted by Crippen LogP contribution is 2.43. The van der Waals surface area contributed by atoms with Crippen LogP contribution in [-0.4, -0.2) is 26.6 Å². The molecular weight excluding hydrogens is 535 g/mol. The van der Waals surface area contributed by atoms with Gasteiger partial charge in [-0.3, -0.25) is 14.3 Å². The fourth-order valence-corrected chi connectivity index (χ4v) is 4.87. The van der Waals surface area contributed by atoms with Gasteiger partial charge in [0, 0.05) is 11.6 Å². The second-order valence-electron chi connectivity index (χ2n) is 7.32. The van der Waals surface area contributed by atoms with E-state index >= 15 is 0 Å². The fraction of sp³-hybridized carbons (Fsp3) is 0.182. The smallest absolute Gasteiger partial charge is 0.365 e. The Balaban J connectivity index is 1.92. The molecule has 3 N–H and O–H groups in total. The number of aromatic nitrogens is 3. The first-order chi connectivity index (χ1) is 16.1. The number of anilines is 1. The average molecular weight is 552 g/mol. The number of hydrogen-bond acceptors (Lipinski definition) is 5. The standard InChI is InChI=1S/C22H17BrF3N5O2S/c1-2-14(31-10-12(23)9-28-31)20(33)30-17-16-13(11-6-4-3-5-7-11)8-15(22(24,25)26)29-21(16)34-18(17)19(27)32/h3-10,14H,2H2,1H3,(H2,27,32)(H,30,33). The summed E-state index contributed by atoms with van der Waals surface area (Å²) in [7, 11) is 0. The number of benzene rings is 1. The molecule has 34 heavy (non-hydrogen) atoms. The second kappa shape index (κ2) is 9.18. The molecule has 0 fully saturated rings. The SMILES string of the molecule is CCC(C(=O)Nc1c(C(N)=O)sc2nc(C(F)(F)F)cc(-c3ccccc3)c12)n1cc(Br)cn1. The normalized spacial score (nSPS) is 12.6. The Hall–Kier alpha value is -3.25. The molecule has 12 heteroatoms. The van der Waals surface area contributed by atoms with E-state index in [1.54, 1.807) is 43.5 Å². The summed E-state index contributed by atoms with van der Waals surface area (Å²) in [5.74, 6) is -1.39. The number of hydrogen-bond donors (Lipinski definition) is 2. The van der Waals surface area contributed by atoms with Gasteiger partial charge in [0.05, 0.1) is 16.4 Å². The van der Waals surface area contributed by atoms with Gasteiger partial charge in [0.1, 0.15) is 21.4 Å². The number of rotatable bonds is 6. The van der Waals surface area contributed by atoms with E-state index in [9.17, 15) is 22.8 Å². The van der Waals surface area contributed by atoms with Crippen LogP contribution in [0.4, 0.5) is 18.9 Å². The number of alkyl halides is 3. The Morgan fingerprint density at radius 2 is 1.97 bits per heavy atom. The number of nitrogens with one attached hydrogen (secondary N) is 1. The molecule has 0 saturated heterocycles. The van der Waals surface area contributed by atoms with E-state index in [0.717, 1.165) is 6.07 Å². The summed E-state index contributed by atoms with van der Waals surface area (Å²) in [6, 6.07) is 8.54. The largest absolute Gasteiger partial charge is 0.433 e. The topological polar surface area (TPSA) is 103 Å². The lowest BCUT2D eigenvalue weighted by atomic mass is 10.0. The molecule has 0 aliphatic carbocycles. The first-order valence-corrected chi connectivity index (χ1v) is 11.6. The van der Waals surface area contributed by atoms with Gasteiger partial charge in [-0.2, -0.15) is 18.3 Å². The van der Waals surface area contributed by atoms with Crippen molar-refractivity contribution >= 4 is 55.0 Å². The van der Waals surface area contributed by atoms with Crippen molar-refractivity contribution in [3.63, 3.8) is 0 Å². The maximum atomic E-state index is 13.6. The third kappa shape index (κ3) is 4.55. The van der Waals surface area contributed by atoms with Crippen molar-refractivity contribution < 1.29 is 22.8 Å². The van der Waals surface area contributed by atoms with Crippen LogP contribution in [-0.2, 0) is 11.0 Å².